The fraction of sp³-hybridized carbons (Fsp3) is 0.333. The van der Waals surface area contributed by atoms with Crippen LogP contribution in [0.5, 0.6) is 0 Å². The highest BCUT2D eigenvalue weighted by molar-refractivity contribution is 7.92. The van der Waals surface area contributed by atoms with Gasteiger partial charge >= 0.3 is 5.97 Å². The van der Waals surface area contributed by atoms with Crippen LogP contribution in [-0.4, -0.2) is 39.5 Å². The number of sulfonamides is 1. The standard InChI is InChI=1S/C21H24N2O5S/c1-14-4-12-19(13-5-14)29(26,27)23(3)18-10-6-16(7-11-18)21(25)28-15(2)20(24)22-17-8-9-17/h4-7,10-13,15,17H,8-9H2,1-3H3,(H,22,24)/t15-/m0/s1. The summed E-state index contributed by atoms with van der Waals surface area (Å²) in [5.74, 6) is -0.958. The minimum Gasteiger partial charge on any atom is -0.449 e. The second-order valence-corrected chi connectivity index (χ2v) is 9.13. The van der Waals surface area contributed by atoms with Crippen LogP contribution in [-0.2, 0) is 19.6 Å². The first-order chi connectivity index (χ1) is 13.7. The van der Waals surface area contributed by atoms with Gasteiger partial charge in [-0.25, -0.2) is 13.2 Å². The van der Waals surface area contributed by atoms with E-state index in [9.17, 15) is 18.0 Å². The van der Waals surface area contributed by atoms with Gasteiger partial charge < -0.3 is 10.1 Å². The molecule has 0 saturated heterocycles. The van der Waals surface area contributed by atoms with E-state index in [-0.39, 0.29) is 22.4 Å². The molecule has 1 amide bonds. The number of nitrogens with one attached hydrogen (secondary N) is 1. The monoisotopic (exact) mass is 416 g/mol. The average molecular weight is 416 g/mol. The zero-order valence-electron chi connectivity index (χ0n) is 16.6. The number of benzene rings is 2. The summed E-state index contributed by atoms with van der Waals surface area (Å²) in [6, 6.07) is 12.8. The zero-order chi connectivity index (χ0) is 21.2. The van der Waals surface area contributed by atoms with E-state index < -0.39 is 22.1 Å². The average Bonchev–Trinajstić information content (AvgIpc) is 3.51. The van der Waals surface area contributed by atoms with Gasteiger partial charge in [0.1, 0.15) is 0 Å². The molecule has 1 saturated carbocycles. The van der Waals surface area contributed by atoms with Crippen LogP contribution in [0.1, 0.15) is 35.7 Å². The van der Waals surface area contributed by atoms with Gasteiger partial charge in [0.05, 0.1) is 16.1 Å². The molecule has 1 aliphatic carbocycles. The van der Waals surface area contributed by atoms with Gasteiger partial charge in [0, 0.05) is 13.1 Å². The van der Waals surface area contributed by atoms with E-state index in [0.29, 0.717) is 5.69 Å². The van der Waals surface area contributed by atoms with E-state index in [2.05, 4.69) is 5.32 Å². The summed E-state index contributed by atoms with van der Waals surface area (Å²) in [7, 11) is -2.26. The molecule has 1 fully saturated rings. The lowest BCUT2D eigenvalue weighted by atomic mass is 10.2. The zero-order valence-corrected chi connectivity index (χ0v) is 17.4. The van der Waals surface area contributed by atoms with Crippen LogP contribution in [0.25, 0.3) is 0 Å². The van der Waals surface area contributed by atoms with Gasteiger partial charge in [-0.1, -0.05) is 17.7 Å². The minimum absolute atomic E-state index is 0.185. The van der Waals surface area contributed by atoms with E-state index >= 15 is 0 Å². The van der Waals surface area contributed by atoms with Crippen molar-refractivity contribution < 1.29 is 22.7 Å². The molecular weight excluding hydrogens is 392 g/mol. The number of nitrogens with zero attached hydrogens (tertiary/aromatic N) is 1. The third-order valence-corrected chi connectivity index (χ3v) is 6.52. The summed E-state index contributed by atoms with van der Waals surface area (Å²) in [5.41, 5.74) is 1.61. The first-order valence-electron chi connectivity index (χ1n) is 9.35. The number of aryl methyl sites for hydroxylation is 1. The fourth-order valence-corrected chi connectivity index (χ4v) is 3.84. The Morgan fingerprint density at radius 1 is 1.07 bits per heavy atom. The highest BCUT2D eigenvalue weighted by Gasteiger charge is 2.27. The predicted molar refractivity (Wildman–Crippen MR) is 109 cm³/mol. The molecule has 0 radical (unpaired) electrons. The number of anilines is 1. The lowest BCUT2D eigenvalue weighted by Gasteiger charge is -2.20. The number of rotatable bonds is 7. The minimum atomic E-state index is -3.71. The summed E-state index contributed by atoms with van der Waals surface area (Å²) in [5, 5.41) is 2.78. The second-order valence-electron chi connectivity index (χ2n) is 7.16. The van der Waals surface area contributed by atoms with Crippen molar-refractivity contribution in [2.75, 3.05) is 11.4 Å². The summed E-state index contributed by atoms with van der Waals surface area (Å²) in [6.45, 7) is 3.40. The molecule has 1 atom stereocenters. The maximum atomic E-state index is 12.8. The van der Waals surface area contributed by atoms with Crippen molar-refractivity contribution in [2.24, 2.45) is 0 Å². The smallest absolute Gasteiger partial charge is 0.338 e. The van der Waals surface area contributed by atoms with Gasteiger partial charge in [-0.05, 0) is 63.1 Å². The Bertz CT molecular complexity index is 996. The molecular formula is C21H24N2O5S. The molecule has 0 unspecified atom stereocenters. The number of hydrogen-bond donors (Lipinski definition) is 1. The van der Waals surface area contributed by atoms with Gasteiger partial charge in [-0.15, -0.1) is 0 Å². The number of hydrogen-bond acceptors (Lipinski definition) is 5. The van der Waals surface area contributed by atoms with Crippen molar-refractivity contribution in [3.8, 4) is 0 Å². The van der Waals surface area contributed by atoms with Crippen molar-refractivity contribution in [3.63, 3.8) is 0 Å². The third-order valence-electron chi connectivity index (χ3n) is 4.72. The van der Waals surface area contributed by atoms with Crippen LogP contribution in [0, 0.1) is 6.92 Å². The van der Waals surface area contributed by atoms with Crippen LogP contribution in [0.15, 0.2) is 53.4 Å². The van der Waals surface area contributed by atoms with Gasteiger partial charge in [0.25, 0.3) is 15.9 Å². The molecule has 0 heterocycles. The van der Waals surface area contributed by atoms with Crippen LogP contribution in [0.3, 0.4) is 0 Å². The highest BCUT2D eigenvalue weighted by atomic mass is 32.2. The predicted octanol–water partition coefficient (Wildman–Crippen LogP) is 2.64. The number of ether oxygens (including phenoxy) is 1. The van der Waals surface area contributed by atoms with E-state index in [1.807, 2.05) is 6.92 Å². The summed E-state index contributed by atoms with van der Waals surface area (Å²) in [6.07, 6.45) is 1.01. The number of esters is 1. The molecule has 2 aromatic rings. The molecule has 0 aliphatic heterocycles. The Labute approximate surface area is 170 Å². The van der Waals surface area contributed by atoms with Crippen LogP contribution < -0.4 is 9.62 Å². The Balaban J connectivity index is 1.67. The molecule has 1 aliphatic rings. The number of amides is 1. The van der Waals surface area contributed by atoms with Crippen molar-refractivity contribution in [1.82, 2.24) is 5.32 Å². The van der Waals surface area contributed by atoms with Gasteiger partial charge in [0.15, 0.2) is 6.10 Å². The first-order valence-corrected chi connectivity index (χ1v) is 10.8. The Morgan fingerprint density at radius 2 is 1.66 bits per heavy atom. The van der Waals surface area contributed by atoms with E-state index in [1.165, 1.54) is 38.2 Å². The lowest BCUT2D eigenvalue weighted by molar-refractivity contribution is -0.129. The Morgan fingerprint density at radius 3 is 2.21 bits per heavy atom. The molecule has 2 aromatic carbocycles. The third kappa shape index (κ3) is 4.95. The molecule has 0 aromatic heterocycles. The number of carbonyl (C=O) groups excluding carboxylic acids is 2. The van der Waals surface area contributed by atoms with Crippen molar-refractivity contribution in [1.29, 1.82) is 0 Å². The SMILES string of the molecule is Cc1ccc(S(=O)(=O)N(C)c2ccc(C(=O)O[C@@H](C)C(=O)NC3CC3)cc2)cc1. The molecule has 154 valence electrons. The van der Waals surface area contributed by atoms with E-state index in [4.69, 9.17) is 4.74 Å². The normalized spacial score (nSPS) is 14.7. The summed E-state index contributed by atoms with van der Waals surface area (Å²) >= 11 is 0. The van der Waals surface area contributed by atoms with Crippen LogP contribution in [0.4, 0.5) is 5.69 Å². The molecule has 7 nitrogen and oxygen atoms in total. The Kier molecular flexibility index (Phi) is 5.93. The van der Waals surface area contributed by atoms with Crippen molar-refractivity contribution in [2.45, 2.75) is 43.7 Å². The van der Waals surface area contributed by atoms with Gasteiger partial charge in [-0.2, -0.15) is 0 Å². The molecule has 0 spiro atoms. The van der Waals surface area contributed by atoms with Crippen molar-refractivity contribution in [3.05, 3.63) is 59.7 Å². The maximum Gasteiger partial charge on any atom is 0.338 e. The van der Waals surface area contributed by atoms with E-state index in [0.717, 1.165) is 22.7 Å². The topological polar surface area (TPSA) is 92.8 Å². The van der Waals surface area contributed by atoms with Crippen LogP contribution in [0.2, 0.25) is 0 Å². The first kappa shape index (κ1) is 20.9. The number of carbonyl (C=O) groups is 2. The van der Waals surface area contributed by atoms with E-state index in [1.54, 1.807) is 24.3 Å². The summed E-state index contributed by atoms with van der Waals surface area (Å²) in [4.78, 5) is 24.4. The molecule has 0 bridgehead atoms. The second kappa shape index (κ2) is 8.24. The highest BCUT2D eigenvalue weighted by Crippen LogP contribution is 2.23. The molecule has 3 rings (SSSR count). The van der Waals surface area contributed by atoms with Crippen molar-refractivity contribution >= 4 is 27.6 Å². The summed E-state index contributed by atoms with van der Waals surface area (Å²) < 4.78 is 31.9. The fourth-order valence-electron chi connectivity index (χ4n) is 2.64. The molecule has 29 heavy (non-hydrogen) atoms. The Hall–Kier alpha value is -2.87. The maximum absolute atomic E-state index is 12.8. The largest absolute Gasteiger partial charge is 0.449 e. The lowest BCUT2D eigenvalue weighted by Crippen LogP contribution is -2.37. The molecule has 8 heteroatoms. The van der Waals surface area contributed by atoms with Gasteiger partial charge in [-0.3, -0.25) is 9.10 Å². The molecule has 1 N–H and O–H groups in total. The van der Waals surface area contributed by atoms with Crippen LogP contribution >= 0.6 is 0 Å². The quantitative estimate of drug-likeness (QED) is 0.701. The van der Waals surface area contributed by atoms with Gasteiger partial charge in [0.2, 0.25) is 0 Å².